The van der Waals surface area contributed by atoms with E-state index in [0.717, 1.165) is 0 Å². The topological polar surface area (TPSA) is 66.4 Å². The largest absolute Gasteiger partial charge is 0.475 e. The van der Waals surface area contributed by atoms with Crippen LogP contribution in [0.4, 0.5) is 0 Å². The van der Waals surface area contributed by atoms with Gasteiger partial charge >= 0.3 is 5.97 Å². The average Bonchev–Trinajstić information content (AvgIpc) is 1.97. The van der Waals surface area contributed by atoms with Gasteiger partial charge < -0.3 is 10.4 Å². The van der Waals surface area contributed by atoms with Gasteiger partial charge in [0.25, 0.3) is 5.78 Å². The summed E-state index contributed by atoms with van der Waals surface area (Å²) in [6.45, 7) is 7.40. The lowest BCUT2D eigenvalue weighted by Gasteiger charge is -2.21. The molecule has 4 heteroatoms. The van der Waals surface area contributed by atoms with Crippen molar-refractivity contribution in [3.8, 4) is 0 Å². The number of ketones is 1. The molecule has 0 aromatic carbocycles. The van der Waals surface area contributed by atoms with Gasteiger partial charge in [-0.25, -0.2) is 4.79 Å². The molecule has 0 spiro atoms. The lowest BCUT2D eigenvalue weighted by molar-refractivity contribution is -0.150. The van der Waals surface area contributed by atoms with Gasteiger partial charge in [0.2, 0.25) is 0 Å². The van der Waals surface area contributed by atoms with Gasteiger partial charge in [-0.3, -0.25) is 4.79 Å². The molecule has 0 fully saturated rings. The van der Waals surface area contributed by atoms with Crippen LogP contribution in [0.5, 0.6) is 0 Å². The highest BCUT2D eigenvalue weighted by Crippen LogP contribution is 2.04. The standard InChI is InChI=1S/C9H17NO3/c1-5(2)7(10-6(3)4)8(11)9(12)13/h5-7,10H,1-4H3,(H,12,13)/t7-/m0/s1. The third-order valence-corrected chi connectivity index (χ3v) is 1.67. The van der Waals surface area contributed by atoms with Crippen LogP contribution in [0.2, 0.25) is 0 Å². The molecule has 0 rings (SSSR count). The molecule has 4 nitrogen and oxygen atoms in total. The number of carbonyl (C=O) groups is 2. The fourth-order valence-electron chi connectivity index (χ4n) is 1.06. The first-order valence-electron chi connectivity index (χ1n) is 4.39. The summed E-state index contributed by atoms with van der Waals surface area (Å²) in [5, 5.41) is 11.5. The molecule has 2 N–H and O–H groups in total. The van der Waals surface area contributed by atoms with Crippen LogP contribution in [-0.4, -0.2) is 28.9 Å². The Bertz CT molecular complexity index is 199. The Morgan fingerprint density at radius 2 is 1.62 bits per heavy atom. The predicted molar refractivity (Wildman–Crippen MR) is 49.5 cm³/mol. The summed E-state index contributed by atoms with van der Waals surface area (Å²) in [5.41, 5.74) is 0. The zero-order valence-electron chi connectivity index (χ0n) is 8.50. The van der Waals surface area contributed by atoms with Crippen LogP contribution in [0.25, 0.3) is 0 Å². The number of rotatable bonds is 5. The van der Waals surface area contributed by atoms with Crippen molar-refractivity contribution < 1.29 is 14.7 Å². The van der Waals surface area contributed by atoms with Crippen LogP contribution < -0.4 is 5.32 Å². The summed E-state index contributed by atoms with van der Waals surface area (Å²) < 4.78 is 0. The van der Waals surface area contributed by atoms with E-state index in [4.69, 9.17) is 5.11 Å². The molecule has 0 aliphatic heterocycles. The fourth-order valence-corrected chi connectivity index (χ4v) is 1.06. The zero-order chi connectivity index (χ0) is 10.6. The molecule has 0 aliphatic rings. The summed E-state index contributed by atoms with van der Waals surface area (Å²) >= 11 is 0. The van der Waals surface area contributed by atoms with E-state index in [1.54, 1.807) is 0 Å². The Hall–Kier alpha value is -0.900. The summed E-state index contributed by atoms with van der Waals surface area (Å²) in [4.78, 5) is 21.6. The fraction of sp³-hybridized carbons (Fsp3) is 0.778. The summed E-state index contributed by atoms with van der Waals surface area (Å²) in [7, 11) is 0. The quantitative estimate of drug-likeness (QED) is 0.620. The number of Topliss-reactive ketones (excluding diaryl/α,β-unsaturated/α-hetero) is 1. The second kappa shape index (κ2) is 4.97. The minimum atomic E-state index is -1.37. The third kappa shape index (κ3) is 4.03. The van der Waals surface area contributed by atoms with Gasteiger partial charge in [-0.2, -0.15) is 0 Å². The van der Waals surface area contributed by atoms with Gasteiger partial charge in [0.05, 0.1) is 6.04 Å². The highest BCUT2D eigenvalue weighted by atomic mass is 16.4. The molecule has 13 heavy (non-hydrogen) atoms. The number of carbonyl (C=O) groups excluding carboxylic acids is 1. The van der Waals surface area contributed by atoms with Crippen molar-refractivity contribution in [3.63, 3.8) is 0 Å². The molecule has 76 valence electrons. The Kier molecular flexibility index (Phi) is 4.62. The Morgan fingerprint density at radius 1 is 1.15 bits per heavy atom. The number of aliphatic carboxylic acids is 1. The molecule has 0 saturated carbocycles. The molecular weight excluding hydrogens is 170 g/mol. The number of hydrogen-bond donors (Lipinski definition) is 2. The van der Waals surface area contributed by atoms with Gasteiger partial charge in [-0.1, -0.05) is 27.7 Å². The van der Waals surface area contributed by atoms with Crippen molar-refractivity contribution in [1.82, 2.24) is 5.32 Å². The van der Waals surface area contributed by atoms with Crippen molar-refractivity contribution in [3.05, 3.63) is 0 Å². The zero-order valence-corrected chi connectivity index (χ0v) is 8.50. The van der Waals surface area contributed by atoms with E-state index in [1.807, 2.05) is 27.7 Å². The molecule has 0 aromatic heterocycles. The molecule has 0 bridgehead atoms. The summed E-state index contributed by atoms with van der Waals surface area (Å²) in [6.07, 6.45) is 0. The van der Waals surface area contributed by atoms with E-state index in [1.165, 1.54) is 0 Å². The van der Waals surface area contributed by atoms with Gasteiger partial charge in [0, 0.05) is 6.04 Å². The first-order chi connectivity index (χ1) is 5.86. The van der Waals surface area contributed by atoms with Gasteiger partial charge in [-0.05, 0) is 5.92 Å². The molecular formula is C9H17NO3. The van der Waals surface area contributed by atoms with E-state index < -0.39 is 17.8 Å². The number of hydrogen-bond acceptors (Lipinski definition) is 3. The SMILES string of the molecule is CC(C)N[C@H](C(=O)C(=O)O)C(C)C. The molecule has 0 saturated heterocycles. The summed E-state index contributed by atoms with van der Waals surface area (Å²) in [5.74, 6) is -2.14. The first-order valence-corrected chi connectivity index (χ1v) is 4.39. The van der Waals surface area contributed by atoms with E-state index in [9.17, 15) is 9.59 Å². The third-order valence-electron chi connectivity index (χ3n) is 1.67. The van der Waals surface area contributed by atoms with Crippen molar-refractivity contribution in [1.29, 1.82) is 0 Å². The second-order valence-corrected chi connectivity index (χ2v) is 3.71. The van der Waals surface area contributed by atoms with E-state index in [2.05, 4.69) is 5.32 Å². The van der Waals surface area contributed by atoms with Gasteiger partial charge in [0.15, 0.2) is 0 Å². The predicted octanol–water partition coefficient (Wildman–Crippen LogP) is 0.663. The van der Waals surface area contributed by atoms with Crippen LogP contribution in [0, 0.1) is 5.92 Å². The minimum absolute atomic E-state index is 0.00833. The molecule has 0 radical (unpaired) electrons. The van der Waals surface area contributed by atoms with Crippen LogP contribution in [0.3, 0.4) is 0 Å². The first kappa shape index (κ1) is 12.1. The molecule has 0 heterocycles. The van der Waals surface area contributed by atoms with Gasteiger partial charge in [0.1, 0.15) is 0 Å². The average molecular weight is 187 g/mol. The monoisotopic (exact) mass is 187 g/mol. The minimum Gasteiger partial charge on any atom is -0.475 e. The highest BCUT2D eigenvalue weighted by molar-refractivity contribution is 6.34. The molecule has 0 aliphatic carbocycles. The number of carboxylic acids is 1. The smallest absolute Gasteiger partial charge is 0.373 e. The number of carboxylic acid groups (broad SMARTS) is 1. The number of nitrogens with one attached hydrogen (secondary N) is 1. The van der Waals surface area contributed by atoms with E-state index >= 15 is 0 Å². The van der Waals surface area contributed by atoms with Crippen LogP contribution >= 0.6 is 0 Å². The Balaban J connectivity index is 4.42. The lowest BCUT2D eigenvalue weighted by Crippen LogP contribution is -2.47. The Morgan fingerprint density at radius 3 is 1.85 bits per heavy atom. The van der Waals surface area contributed by atoms with Crippen molar-refractivity contribution in [2.45, 2.75) is 39.8 Å². The van der Waals surface area contributed by atoms with Crippen LogP contribution in [-0.2, 0) is 9.59 Å². The maximum absolute atomic E-state index is 11.2. The molecule has 1 atom stereocenters. The van der Waals surface area contributed by atoms with Gasteiger partial charge in [-0.15, -0.1) is 0 Å². The highest BCUT2D eigenvalue weighted by Gasteiger charge is 2.27. The second-order valence-electron chi connectivity index (χ2n) is 3.71. The Labute approximate surface area is 78.3 Å². The molecule has 0 aromatic rings. The van der Waals surface area contributed by atoms with E-state index in [-0.39, 0.29) is 12.0 Å². The van der Waals surface area contributed by atoms with E-state index in [0.29, 0.717) is 0 Å². The van der Waals surface area contributed by atoms with Crippen LogP contribution in [0.1, 0.15) is 27.7 Å². The lowest BCUT2D eigenvalue weighted by atomic mass is 9.99. The van der Waals surface area contributed by atoms with Crippen molar-refractivity contribution in [2.24, 2.45) is 5.92 Å². The molecule has 0 unspecified atom stereocenters. The maximum Gasteiger partial charge on any atom is 0.373 e. The van der Waals surface area contributed by atoms with Crippen molar-refractivity contribution >= 4 is 11.8 Å². The van der Waals surface area contributed by atoms with Crippen molar-refractivity contribution in [2.75, 3.05) is 0 Å². The van der Waals surface area contributed by atoms with Crippen LogP contribution in [0.15, 0.2) is 0 Å². The molecule has 0 amide bonds. The summed E-state index contributed by atoms with van der Waals surface area (Å²) in [6, 6.07) is -0.479. The normalized spacial score (nSPS) is 13.4. The maximum atomic E-state index is 11.2.